The predicted octanol–water partition coefficient (Wildman–Crippen LogP) is 2.32. The number of hydrogen-bond donors (Lipinski definition) is 1. The van der Waals surface area contributed by atoms with Gasteiger partial charge in [0.25, 0.3) is 0 Å². The van der Waals surface area contributed by atoms with Crippen LogP contribution in [0.3, 0.4) is 0 Å². The first-order chi connectivity index (χ1) is 7.56. The second-order valence-corrected chi connectivity index (χ2v) is 6.13. The normalized spacial score (nSPS) is 28.9. The highest BCUT2D eigenvalue weighted by atomic mass is 32.2. The van der Waals surface area contributed by atoms with Crippen LogP contribution in [0.1, 0.15) is 29.7 Å². The van der Waals surface area contributed by atoms with Gasteiger partial charge in [0.2, 0.25) is 0 Å². The molecule has 0 spiro atoms. The van der Waals surface area contributed by atoms with Crippen LogP contribution in [-0.2, 0) is 10.8 Å². The maximum Gasteiger partial charge on any atom is 0.0539 e. The molecule has 0 bridgehead atoms. The van der Waals surface area contributed by atoms with E-state index in [0.717, 1.165) is 16.2 Å². The second kappa shape index (κ2) is 4.30. The molecule has 2 nitrogen and oxygen atoms in total. The van der Waals surface area contributed by atoms with E-state index in [9.17, 15) is 4.21 Å². The molecule has 0 saturated carbocycles. The zero-order chi connectivity index (χ0) is 11.9. The monoisotopic (exact) mass is 237 g/mol. The van der Waals surface area contributed by atoms with Crippen LogP contribution >= 0.6 is 0 Å². The van der Waals surface area contributed by atoms with Crippen molar-refractivity contribution in [2.24, 2.45) is 5.92 Å². The number of rotatable bonds is 1. The molecule has 16 heavy (non-hydrogen) atoms. The summed E-state index contributed by atoms with van der Waals surface area (Å²) >= 11 is 0. The van der Waals surface area contributed by atoms with Gasteiger partial charge in [-0.25, -0.2) is 0 Å². The fourth-order valence-electron chi connectivity index (χ4n) is 2.63. The standard InChI is InChI=1S/C13H19NOS/c1-8-5-6-9(2)13-11(8)12(14-4)10(3)7-16(13)15/h5-6,10,12,14H,7H2,1-4H3. The molecule has 1 aliphatic rings. The van der Waals surface area contributed by atoms with Crippen LogP contribution in [0.5, 0.6) is 0 Å². The Kier molecular flexibility index (Phi) is 3.17. The van der Waals surface area contributed by atoms with Crippen molar-refractivity contribution in [3.8, 4) is 0 Å². The molecule has 2 rings (SSSR count). The van der Waals surface area contributed by atoms with Crippen molar-refractivity contribution in [2.45, 2.75) is 31.7 Å². The van der Waals surface area contributed by atoms with Gasteiger partial charge >= 0.3 is 0 Å². The summed E-state index contributed by atoms with van der Waals surface area (Å²) in [4.78, 5) is 1.07. The molecule has 0 saturated heterocycles. The third kappa shape index (κ3) is 1.72. The molecule has 0 fully saturated rings. The van der Waals surface area contributed by atoms with Gasteiger partial charge in [-0.3, -0.25) is 4.21 Å². The molecule has 0 amide bonds. The van der Waals surface area contributed by atoms with Gasteiger partial charge in [-0.2, -0.15) is 0 Å². The molecule has 88 valence electrons. The Morgan fingerprint density at radius 3 is 2.56 bits per heavy atom. The minimum Gasteiger partial charge on any atom is -0.313 e. The maximum atomic E-state index is 12.2. The Morgan fingerprint density at radius 1 is 1.31 bits per heavy atom. The quantitative estimate of drug-likeness (QED) is 0.812. The summed E-state index contributed by atoms with van der Waals surface area (Å²) in [7, 11) is 1.16. The first-order valence-electron chi connectivity index (χ1n) is 5.72. The van der Waals surface area contributed by atoms with E-state index in [0.29, 0.717) is 12.0 Å². The van der Waals surface area contributed by atoms with Crippen LogP contribution in [-0.4, -0.2) is 17.0 Å². The Labute approximate surface area is 99.9 Å². The van der Waals surface area contributed by atoms with E-state index in [1.165, 1.54) is 11.1 Å². The lowest BCUT2D eigenvalue weighted by Gasteiger charge is -2.32. The lowest BCUT2D eigenvalue weighted by molar-refractivity contribution is 0.428. The van der Waals surface area contributed by atoms with Crippen molar-refractivity contribution >= 4 is 10.8 Å². The van der Waals surface area contributed by atoms with E-state index in [1.54, 1.807) is 0 Å². The van der Waals surface area contributed by atoms with Crippen LogP contribution in [0, 0.1) is 19.8 Å². The summed E-state index contributed by atoms with van der Waals surface area (Å²) in [6.07, 6.45) is 0. The fourth-order valence-corrected chi connectivity index (χ4v) is 4.42. The Bertz CT molecular complexity index is 442. The topological polar surface area (TPSA) is 29.1 Å². The van der Waals surface area contributed by atoms with Gasteiger partial charge in [-0.1, -0.05) is 19.1 Å². The molecule has 1 aromatic rings. The van der Waals surface area contributed by atoms with E-state index in [1.807, 2.05) is 7.05 Å². The average molecular weight is 237 g/mol. The van der Waals surface area contributed by atoms with Gasteiger partial charge in [0, 0.05) is 16.7 Å². The summed E-state index contributed by atoms with van der Waals surface area (Å²) in [6, 6.07) is 4.55. The van der Waals surface area contributed by atoms with Crippen LogP contribution in [0.4, 0.5) is 0 Å². The Morgan fingerprint density at radius 2 is 1.94 bits per heavy atom. The van der Waals surface area contributed by atoms with Gasteiger partial charge in [0.1, 0.15) is 0 Å². The first-order valence-corrected chi connectivity index (χ1v) is 7.04. The Balaban J connectivity index is 2.67. The molecule has 3 heteroatoms. The lowest BCUT2D eigenvalue weighted by atomic mass is 9.91. The van der Waals surface area contributed by atoms with Gasteiger partial charge in [-0.05, 0) is 43.5 Å². The van der Waals surface area contributed by atoms with Crippen molar-refractivity contribution in [1.29, 1.82) is 0 Å². The molecule has 0 aliphatic carbocycles. The summed E-state index contributed by atoms with van der Waals surface area (Å²) in [6.45, 7) is 6.33. The summed E-state index contributed by atoms with van der Waals surface area (Å²) in [5, 5.41) is 3.36. The van der Waals surface area contributed by atoms with Crippen LogP contribution in [0.2, 0.25) is 0 Å². The zero-order valence-corrected chi connectivity index (χ0v) is 11.1. The van der Waals surface area contributed by atoms with Gasteiger partial charge in [-0.15, -0.1) is 0 Å². The molecule has 1 heterocycles. The molecule has 1 N–H and O–H groups in total. The summed E-state index contributed by atoms with van der Waals surface area (Å²) < 4.78 is 12.2. The predicted molar refractivity (Wildman–Crippen MR) is 68.2 cm³/mol. The lowest BCUT2D eigenvalue weighted by Crippen LogP contribution is -2.33. The smallest absolute Gasteiger partial charge is 0.0539 e. The molecule has 0 aromatic heterocycles. The number of hydrogen-bond acceptors (Lipinski definition) is 2. The summed E-state index contributed by atoms with van der Waals surface area (Å²) in [5.74, 6) is 1.20. The summed E-state index contributed by atoms with van der Waals surface area (Å²) in [5.41, 5.74) is 3.67. The molecule has 0 radical (unpaired) electrons. The van der Waals surface area contributed by atoms with Crippen molar-refractivity contribution in [3.05, 3.63) is 28.8 Å². The molecule has 3 unspecified atom stereocenters. The van der Waals surface area contributed by atoms with Crippen LogP contribution in [0.25, 0.3) is 0 Å². The highest BCUT2D eigenvalue weighted by molar-refractivity contribution is 7.85. The zero-order valence-electron chi connectivity index (χ0n) is 10.3. The van der Waals surface area contributed by atoms with E-state index in [-0.39, 0.29) is 0 Å². The van der Waals surface area contributed by atoms with Gasteiger partial charge in [0.15, 0.2) is 0 Å². The minimum absolute atomic E-state index is 0.340. The minimum atomic E-state index is -0.829. The Hall–Kier alpha value is -0.670. The van der Waals surface area contributed by atoms with Crippen molar-refractivity contribution in [2.75, 3.05) is 12.8 Å². The van der Waals surface area contributed by atoms with Gasteiger partial charge < -0.3 is 5.32 Å². The van der Waals surface area contributed by atoms with Crippen LogP contribution < -0.4 is 5.32 Å². The number of fused-ring (bicyclic) bond motifs is 1. The van der Waals surface area contributed by atoms with E-state index in [4.69, 9.17) is 0 Å². The third-order valence-corrected chi connectivity index (χ3v) is 5.27. The first kappa shape index (κ1) is 11.8. The molecule has 1 aromatic carbocycles. The molecular weight excluding hydrogens is 218 g/mol. The van der Waals surface area contributed by atoms with Crippen LogP contribution in [0.15, 0.2) is 17.0 Å². The average Bonchev–Trinajstić information content (AvgIpc) is 2.23. The largest absolute Gasteiger partial charge is 0.313 e. The SMILES string of the molecule is CNC1c2c(C)ccc(C)c2S(=O)CC1C. The molecular formula is C13H19NOS. The van der Waals surface area contributed by atoms with E-state index < -0.39 is 10.8 Å². The number of nitrogens with one attached hydrogen (secondary N) is 1. The van der Waals surface area contributed by atoms with E-state index in [2.05, 4.69) is 38.2 Å². The van der Waals surface area contributed by atoms with Crippen molar-refractivity contribution < 1.29 is 4.21 Å². The molecule has 3 atom stereocenters. The van der Waals surface area contributed by atoms with Gasteiger partial charge in [0.05, 0.1) is 10.8 Å². The highest BCUT2D eigenvalue weighted by Crippen LogP contribution is 2.37. The second-order valence-electron chi connectivity index (χ2n) is 4.70. The maximum absolute atomic E-state index is 12.2. The number of benzene rings is 1. The fraction of sp³-hybridized carbons (Fsp3) is 0.538. The highest BCUT2D eigenvalue weighted by Gasteiger charge is 2.31. The molecule has 1 aliphatic heterocycles. The third-order valence-electron chi connectivity index (χ3n) is 3.44. The van der Waals surface area contributed by atoms with E-state index >= 15 is 0 Å². The van der Waals surface area contributed by atoms with Crippen molar-refractivity contribution in [1.82, 2.24) is 5.32 Å². The number of aryl methyl sites for hydroxylation is 2. The van der Waals surface area contributed by atoms with Crippen molar-refractivity contribution in [3.63, 3.8) is 0 Å².